The van der Waals surface area contributed by atoms with Gasteiger partial charge in [-0.25, -0.2) is 9.78 Å². The minimum atomic E-state index is -0.907. The highest BCUT2D eigenvalue weighted by Crippen LogP contribution is 2.26. The van der Waals surface area contributed by atoms with Gasteiger partial charge in [-0.1, -0.05) is 13.8 Å². The molecule has 0 aromatic carbocycles. The number of aryl methyl sites for hydroxylation is 2. The molecule has 1 unspecified atom stereocenters. The average Bonchev–Trinajstić information content (AvgIpc) is 2.74. The second-order valence-corrected chi connectivity index (χ2v) is 5.33. The molecule has 1 heterocycles. The highest BCUT2D eigenvalue weighted by molar-refractivity contribution is 5.93. The highest BCUT2D eigenvalue weighted by Gasteiger charge is 2.21. The second kappa shape index (κ2) is 4.96. The van der Waals surface area contributed by atoms with Gasteiger partial charge in [0.2, 0.25) is 0 Å². The molecule has 18 heavy (non-hydrogen) atoms. The molecule has 0 spiro atoms. The topological polar surface area (TPSA) is 62.2 Å². The van der Waals surface area contributed by atoms with Crippen molar-refractivity contribution in [2.75, 3.05) is 5.32 Å². The van der Waals surface area contributed by atoms with E-state index in [9.17, 15) is 9.90 Å². The van der Waals surface area contributed by atoms with Crippen LogP contribution in [0, 0.1) is 5.92 Å². The Bertz CT molecular complexity index is 469. The van der Waals surface area contributed by atoms with Crippen LogP contribution in [0.4, 0.5) is 5.82 Å². The summed E-state index contributed by atoms with van der Waals surface area (Å²) in [5, 5.41) is 12.5. The van der Waals surface area contributed by atoms with Crippen LogP contribution in [0.2, 0.25) is 0 Å². The minimum Gasteiger partial charge on any atom is -0.478 e. The van der Waals surface area contributed by atoms with Crippen LogP contribution < -0.4 is 5.32 Å². The van der Waals surface area contributed by atoms with Gasteiger partial charge in [-0.15, -0.1) is 0 Å². The number of hydrogen-bond donors (Lipinski definition) is 2. The zero-order valence-electron chi connectivity index (χ0n) is 11.2. The third-order valence-corrected chi connectivity index (χ3v) is 3.65. The first-order valence-electron chi connectivity index (χ1n) is 6.51. The molecule has 1 atom stereocenters. The smallest absolute Gasteiger partial charge is 0.339 e. The Morgan fingerprint density at radius 2 is 2.11 bits per heavy atom. The molecule has 0 bridgehead atoms. The molecule has 1 aromatic rings. The Balaban J connectivity index is 2.35. The first kappa shape index (κ1) is 12.9. The van der Waals surface area contributed by atoms with E-state index in [0.29, 0.717) is 17.3 Å². The lowest BCUT2D eigenvalue weighted by Gasteiger charge is -2.20. The normalized spacial score (nSPS) is 15.6. The Morgan fingerprint density at radius 1 is 1.39 bits per heavy atom. The molecule has 98 valence electrons. The summed E-state index contributed by atoms with van der Waals surface area (Å²) in [6.07, 6.45) is 2.98. The fourth-order valence-electron chi connectivity index (χ4n) is 2.13. The summed E-state index contributed by atoms with van der Waals surface area (Å²) in [7, 11) is 0. The van der Waals surface area contributed by atoms with Gasteiger partial charge < -0.3 is 10.4 Å². The maximum Gasteiger partial charge on any atom is 0.339 e. The minimum absolute atomic E-state index is 0.204. The lowest BCUT2D eigenvalue weighted by atomic mass is 10.1. The van der Waals surface area contributed by atoms with E-state index in [0.717, 1.165) is 30.5 Å². The first-order chi connectivity index (χ1) is 8.49. The standard InChI is InChI=1S/C14H20N2O2/c1-8(2)9(3)15-13-11(14(17)18)7-10-5-4-6-12(10)16-13/h7-9H,4-6H2,1-3H3,(H,15,16)(H,17,18). The molecule has 1 aliphatic carbocycles. The molecule has 2 N–H and O–H groups in total. The average molecular weight is 248 g/mol. The van der Waals surface area contributed by atoms with Gasteiger partial charge in [-0.05, 0) is 43.7 Å². The summed E-state index contributed by atoms with van der Waals surface area (Å²) in [6.45, 7) is 6.25. The summed E-state index contributed by atoms with van der Waals surface area (Å²) >= 11 is 0. The lowest BCUT2D eigenvalue weighted by molar-refractivity contribution is 0.0697. The van der Waals surface area contributed by atoms with Gasteiger partial charge >= 0.3 is 5.97 Å². The molecule has 2 rings (SSSR count). The molecular weight excluding hydrogens is 228 g/mol. The van der Waals surface area contributed by atoms with Crippen LogP contribution in [0.5, 0.6) is 0 Å². The fraction of sp³-hybridized carbons (Fsp3) is 0.571. The lowest BCUT2D eigenvalue weighted by Crippen LogP contribution is -2.24. The predicted octanol–water partition coefficient (Wildman–Crippen LogP) is 2.72. The maximum absolute atomic E-state index is 11.3. The molecular formula is C14H20N2O2. The van der Waals surface area contributed by atoms with Gasteiger partial charge in [0, 0.05) is 11.7 Å². The molecule has 4 nitrogen and oxygen atoms in total. The van der Waals surface area contributed by atoms with Crippen molar-refractivity contribution >= 4 is 11.8 Å². The van der Waals surface area contributed by atoms with Gasteiger partial charge in [-0.2, -0.15) is 0 Å². The van der Waals surface area contributed by atoms with Crippen molar-refractivity contribution in [1.29, 1.82) is 0 Å². The zero-order chi connectivity index (χ0) is 13.3. The van der Waals surface area contributed by atoms with Crippen molar-refractivity contribution in [3.8, 4) is 0 Å². The number of carboxylic acid groups (broad SMARTS) is 1. The van der Waals surface area contributed by atoms with Crippen LogP contribution in [-0.2, 0) is 12.8 Å². The third-order valence-electron chi connectivity index (χ3n) is 3.65. The SMILES string of the molecule is CC(C)C(C)Nc1nc2c(cc1C(=O)O)CCC2. The van der Waals surface area contributed by atoms with E-state index in [1.165, 1.54) is 0 Å². The van der Waals surface area contributed by atoms with Crippen LogP contribution in [-0.4, -0.2) is 22.1 Å². The van der Waals surface area contributed by atoms with E-state index >= 15 is 0 Å². The molecule has 0 radical (unpaired) electrons. The quantitative estimate of drug-likeness (QED) is 0.860. The maximum atomic E-state index is 11.3. The van der Waals surface area contributed by atoms with E-state index < -0.39 is 5.97 Å². The summed E-state index contributed by atoms with van der Waals surface area (Å²) in [5.74, 6) is 0.0432. The molecule has 0 fully saturated rings. The summed E-state index contributed by atoms with van der Waals surface area (Å²) in [6, 6.07) is 1.99. The van der Waals surface area contributed by atoms with E-state index in [4.69, 9.17) is 0 Å². The van der Waals surface area contributed by atoms with Crippen molar-refractivity contribution < 1.29 is 9.90 Å². The molecule has 0 saturated heterocycles. The van der Waals surface area contributed by atoms with Crippen LogP contribution in [0.3, 0.4) is 0 Å². The fourth-order valence-corrected chi connectivity index (χ4v) is 2.13. The number of pyridine rings is 1. The van der Waals surface area contributed by atoms with Crippen LogP contribution in [0.25, 0.3) is 0 Å². The van der Waals surface area contributed by atoms with Crippen molar-refractivity contribution in [1.82, 2.24) is 4.98 Å². The van der Waals surface area contributed by atoms with Crippen LogP contribution >= 0.6 is 0 Å². The van der Waals surface area contributed by atoms with Crippen molar-refractivity contribution in [3.05, 3.63) is 22.9 Å². The summed E-state index contributed by atoms with van der Waals surface area (Å²) < 4.78 is 0. The highest BCUT2D eigenvalue weighted by atomic mass is 16.4. The van der Waals surface area contributed by atoms with E-state index in [-0.39, 0.29) is 6.04 Å². The number of anilines is 1. The monoisotopic (exact) mass is 248 g/mol. The number of aromatic nitrogens is 1. The molecule has 1 aromatic heterocycles. The van der Waals surface area contributed by atoms with Crippen molar-refractivity contribution in [2.24, 2.45) is 5.92 Å². The number of carboxylic acids is 1. The predicted molar refractivity (Wildman–Crippen MR) is 71.1 cm³/mol. The van der Waals surface area contributed by atoms with Gasteiger partial charge in [0.05, 0.1) is 0 Å². The number of aromatic carboxylic acids is 1. The Hall–Kier alpha value is -1.58. The first-order valence-corrected chi connectivity index (χ1v) is 6.51. The van der Waals surface area contributed by atoms with Gasteiger partial charge in [0.1, 0.15) is 11.4 Å². The van der Waals surface area contributed by atoms with Crippen LogP contribution in [0.1, 0.15) is 48.8 Å². The van der Waals surface area contributed by atoms with Crippen LogP contribution in [0.15, 0.2) is 6.07 Å². The van der Waals surface area contributed by atoms with Gasteiger partial charge in [0.15, 0.2) is 0 Å². The number of hydrogen-bond acceptors (Lipinski definition) is 3. The number of carbonyl (C=O) groups is 1. The molecule has 0 amide bonds. The molecule has 0 aliphatic heterocycles. The number of nitrogens with zero attached hydrogens (tertiary/aromatic N) is 1. The Kier molecular flexibility index (Phi) is 3.55. The molecule has 0 saturated carbocycles. The summed E-state index contributed by atoms with van der Waals surface area (Å²) in [5.41, 5.74) is 2.44. The number of rotatable bonds is 4. The Labute approximate surface area is 107 Å². The van der Waals surface area contributed by atoms with Crippen molar-refractivity contribution in [2.45, 2.75) is 46.1 Å². The Morgan fingerprint density at radius 3 is 2.72 bits per heavy atom. The van der Waals surface area contributed by atoms with Gasteiger partial charge in [-0.3, -0.25) is 0 Å². The number of fused-ring (bicyclic) bond motifs is 1. The van der Waals surface area contributed by atoms with E-state index in [2.05, 4.69) is 24.1 Å². The number of nitrogens with one attached hydrogen (secondary N) is 1. The zero-order valence-corrected chi connectivity index (χ0v) is 11.2. The van der Waals surface area contributed by atoms with Crippen molar-refractivity contribution in [3.63, 3.8) is 0 Å². The second-order valence-electron chi connectivity index (χ2n) is 5.33. The van der Waals surface area contributed by atoms with Gasteiger partial charge in [0.25, 0.3) is 0 Å². The van der Waals surface area contributed by atoms with E-state index in [1.54, 1.807) is 6.07 Å². The largest absolute Gasteiger partial charge is 0.478 e. The molecule has 4 heteroatoms. The van der Waals surface area contributed by atoms with E-state index in [1.807, 2.05) is 6.92 Å². The third kappa shape index (κ3) is 2.47. The summed E-state index contributed by atoms with van der Waals surface area (Å²) in [4.78, 5) is 15.8. The molecule has 1 aliphatic rings.